The fourth-order valence-corrected chi connectivity index (χ4v) is 2.75. The number of alkyl carbamates (subject to hydrolysis) is 1. The maximum atomic E-state index is 14.5. The Bertz CT molecular complexity index is 927. The van der Waals surface area contributed by atoms with Gasteiger partial charge in [0.15, 0.2) is 11.6 Å². The van der Waals surface area contributed by atoms with Crippen LogP contribution in [-0.2, 0) is 10.3 Å². The van der Waals surface area contributed by atoms with Crippen LogP contribution in [0, 0.1) is 17.1 Å². The van der Waals surface area contributed by atoms with Crippen LogP contribution < -0.4 is 10.6 Å². The summed E-state index contributed by atoms with van der Waals surface area (Å²) in [6.45, 7) is 8.74. The van der Waals surface area contributed by atoms with Crippen molar-refractivity contribution >= 4 is 23.5 Å². The Morgan fingerprint density at radius 2 is 2.03 bits per heavy atom. The number of hydrogen-bond donors (Lipinski definition) is 2. The largest absolute Gasteiger partial charge is 0.444 e. The summed E-state index contributed by atoms with van der Waals surface area (Å²) in [5.41, 5.74) is -1.30. The van der Waals surface area contributed by atoms with E-state index in [1.165, 1.54) is 0 Å². The van der Waals surface area contributed by atoms with E-state index in [0.29, 0.717) is 5.69 Å². The molecule has 0 saturated heterocycles. The average molecular weight is 420 g/mol. The summed E-state index contributed by atoms with van der Waals surface area (Å²) in [5.74, 6) is -0.919. The van der Waals surface area contributed by atoms with Gasteiger partial charge >= 0.3 is 6.09 Å². The molecule has 2 aromatic rings. The number of carbonyl (C=O) groups is 1. The highest BCUT2D eigenvalue weighted by atomic mass is 35.5. The van der Waals surface area contributed by atoms with Crippen LogP contribution in [-0.4, -0.2) is 27.7 Å². The molecule has 2 N–H and O–H groups in total. The van der Waals surface area contributed by atoms with Crippen LogP contribution in [0.15, 0.2) is 30.5 Å². The second-order valence-corrected chi connectivity index (χ2v) is 8.04. The molecule has 7 nitrogen and oxygen atoms in total. The maximum absolute atomic E-state index is 14.5. The lowest BCUT2D eigenvalue weighted by atomic mass is 9.88. The number of amides is 1. The molecular weight excluding hydrogens is 397 g/mol. The van der Waals surface area contributed by atoms with Gasteiger partial charge < -0.3 is 15.4 Å². The van der Waals surface area contributed by atoms with Gasteiger partial charge in [0.1, 0.15) is 16.8 Å². The predicted octanol–water partition coefficient (Wildman–Crippen LogP) is 4.38. The molecule has 2 atom stereocenters. The fourth-order valence-electron chi connectivity index (χ4n) is 2.57. The van der Waals surface area contributed by atoms with E-state index >= 15 is 0 Å². The van der Waals surface area contributed by atoms with E-state index in [4.69, 9.17) is 21.6 Å². The minimum Gasteiger partial charge on any atom is -0.444 e. The number of pyridine rings is 2. The summed E-state index contributed by atoms with van der Waals surface area (Å²) in [5, 5.41) is 14.6. The van der Waals surface area contributed by atoms with E-state index in [1.54, 1.807) is 65.1 Å². The third kappa shape index (κ3) is 5.55. The van der Waals surface area contributed by atoms with Crippen molar-refractivity contribution in [1.82, 2.24) is 15.3 Å². The van der Waals surface area contributed by atoms with Gasteiger partial charge in [0.2, 0.25) is 0 Å². The molecule has 29 heavy (non-hydrogen) atoms. The lowest BCUT2D eigenvalue weighted by Gasteiger charge is -2.37. The molecule has 1 amide bonds. The topological polar surface area (TPSA) is 99.9 Å². The van der Waals surface area contributed by atoms with Crippen molar-refractivity contribution in [3.63, 3.8) is 0 Å². The summed E-state index contributed by atoms with van der Waals surface area (Å²) in [6.07, 6.45) is 0.964. The van der Waals surface area contributed by atoms with Crippen molar-refractivity contribution in [1.29, 1.82) is 5.26 Å². The standard InChI is InChI=1S/C20H23ClFN5O2/c1-12(25-18(28)29-19(2,3)4)20(5,15-8-6-7-9-24-15)27-17-14(22)10-13(11-23)16(21)26-17/h6-10,12H,1-5H3,(H,25,28)(H,26,27)/t12-,20?/m0/s1. The van der Waals surface area contributed by atoms with Gasteiger partial charge in [-0.05, 0) is 52.8 Å². The number of carbonyl (C=O) groups excluding carboxylic acids is 1. The van der Waals surface area contributed by atoms with Crippen molar-refractivity contribution in [3.05, 3.63) is 52.7 Å². The predicted molar refractivity (Wildman–Crippen MR) is 108 cm³/mol. The highest BCUT2D eigenvalue weighted by Crippen LogP contribution is 2.30. The van der Waals surface area contributed by atoms with Gasteiger partial charge in [-0.1, -0.05) is 17.7 Å². The van der Waals surface area contributed by atoms with Crippen LogP contribution in [0.5, 0.6) is 0 Å². The van der Waals surface area contributed by atoms with Crippen molar-refractivity contribution in [3.8, 4) is 6.07 Å². The Balaban J connectivity index is 2.41. The number of halogens is 2. The normalized spacial score (nSPS) is 14.3. The maximum Gasteiger partial charge on any atom is 0.407 e. The molecule has 0 aromatic carbocycles. The number of nitrogens with zero attached hydrogens (tertiary/aromatic N) is 3. The molecule has 0 aliphatic heterocycles. The Hall–Kier alpha value is -2.92. The lowest BCUT2D eigenvalue weighted by Crippen LogP contribution is -2.53. The Morgan fingerprint density at radius 3 is 2.59 bits per heavy atom. The Kier molecular flexibility index (Phi) is 6.65. The second kappa shape index (κ2) is 8.62. The first-order chi connectivity index (χ1) is 13.5. The van der Waals surface area contributed by atoms with Gasteiger partial charge in [-0.2, -0.15) is 5.26 Å². The molecule has 0 aliphatic carbocycles. The molecule has 9 heteroatoms. The summed E-state index contributed by atoms with van der Waals surface area (Å²) in [4.78, 5) is 20.6. The number of rotatable bonds is 5. The van der Waals surface area contributed by atoms with Crippen LogP contribution in [0.3, 0.4) is 0 Å². The first kappa shape index (κ1) is 22.4. The molecule has 0 radical (unpaired) electrons. The number of nitrogens with one attached hydrogen (secondary N) is 2. The van der Waals surface area contributed by atoms with E-state index < -0.39 is 29.1 Å². The first-order valence-corrected chi connectivity index (χ1v) is 9.29. The third-order valence-corrected chi connectivity index (χ3v) is 4.51. The van der Waals surface area contributed by atoms with Crippen molar-refractivity contribution < 1.29 is 13.9 Å². The van der Waals surface area contributed by atoms with E-state index in [1.807, 2.05) is 0 Å². The van der Waals surface area contributed by atoms with Gasteiger partial charge in [-0.15, -0.1) is 0 Å². The molecule has 2 heterocycles. The molecule has 0 fully saturated rings. The molecule has 154 valence electrons. The van der Waals surface area contributed by atoms with Crippen molar-refractivity contribution in [2.75, 3.05) is 5.32 Å². The van der Waals surface area contributed by atoms with E-state index in [-0.39, 0.29) is 16.5 Å². The summed E-state index contributed by atoms with van der Waals surface area (Å²) in [7, 11) is 0. The van der Waals surface area contributed by atoms with Gasteiger partial charge in [0.05, 0.1) is 22.8 Å². The fraction of sp³-hybridized carbons (Fsp3) is 0.400. The van der Waals surface area contributed by atoms with Crippen LogP contribution >= 0.6 is 11.6 Å². The molecular formula is C20H23ClFN5O2. The average Bonchev–Trinajstić information content (AvgIpc) is 2.63. The highest BCUT2D eigenvalue weighted by molar-refractivity contribution is 6.30. The molecule has 0 saturated carbocycles. The zero-order chi connectivity index (χ0) is 21.8. The lowest BCUT2D eigenvalue weighted by molar-refractivity contribution is 0.0489. The zero-order valence-electron chi connectivity index (χ0n) is 16.9. The molecule has 1 unspecified atom stereocenters. The van der Waals surface area contributed by atoms with E-state index in [0.717, 1.165) is 6.07 Å². The summed E-state index contributed by atoms with van der Waals surface area (Å²) in [6, 6.07) is 7.45. The van der Waals surface area contributed by atoms with Gasteiger partial charge in [-0.25, -0.2) is 14.2 Å². The van der Waals surface area contributed by atoms with Crippen molar-refractivity contribution in [2.45, 2.75) is 51.8 Å². The minimum absolute atomic E-state index is 0.0748. The van der Waals surface area contributed by atoms with Crippen LogP contribution in [0.25, 0.3) is 0 Å². The Labute approximate surface area is 174 Å². The SMILES string of the molecule is C[C@H](NC(=O)OC(C)(C)C)C(C)(Nc1nc(Cl)c(C#N)cc1F)c1ccccn1. The van der Waals surface area contributed by atoms with Crippen LogP contribution in [0.4, 0.5) is 15.0 Å². The first-order valence-electron chi connectivity index (χ1n) is 8.91. The Morgan fingerprint density at radius 1 is 1.34 bits per heavy atom. The van der Waals surface area contributed by atoms with Gasteiger partial charge in [-0.3, -0.25) is 4.98 Å². The van der Waals surface area contributed by atoms with Gasteiger partial charge in [0.25, 0.3) is 0 Å². The number of aromatic nitrogens is 2. The summed E-state index contributed by atoms with van der Waals surface area (Å²) >= 11 is 5.97. The number of anilines is 1. The van der Waals surface area contributed by atoms with E-state index in [2.05, 4.69) is 20.6 Å². The highest BCUT2D eigenvalue weighted by Gasteiger charge is 2.37. The minimum atomic E-state index is -1.08. The van der Waals surface area contributed by atoms with Gasteiger partial charge in [0, 0.05) is 6.20 Å². The smallest absolute Gasteiger partial charge is 0.407 e. The molecule has 0 bridgehead atoms. The van der Waals surface area contributed by atoms with Crippen LogP contribution in [0.2, 0.25) is 5.15 Å². The van der Waals surface area contributed by atoms with E-state index in [9.17, 15) is 9.18 Å². The summed E-state index contributed by atoms with van der Waals surface area (Å²) < 4.78 is 19.9. The van der Waals surface area contributed by atoms with Crippen LogP contribution in [0.1, 0.15) is 45.9 Å². The van der Waals surface area contributed by atoms with Crippen molar-refractivity contribution in [2.24, 2.45) is 0 Å². The molecule has 2 aromatic heterocycles. The monoisotopic (exact) mass is 419 g/mol. The molecule has 2 rings (SSSR count). The number of ether oxygens (including phenoxy) is 1. The number of nitriles is 1. The molecule has 0 aliphatic rings. The second-order valence-electron chi connectivity index (χ2n) is 7.68. The number of hydrogen-bond acceptors (Lipinski definition) is 6. The zero-order valence-corrected chi connectivity index (χ0v) is 17.6. The third-order valence-electron chi connectivity index (χ3n) is 4.22. The quantitative estimate of drug-likeness (QED) is 0.697. The molecule has 0 spiro atoms.